The molecule has 0 aliphatic heterocycles. The zero-order valence-electron chi connectivity index (χ0n) is 12.1. The van der Waals surface area contributed by atoms with Crippen molar-refractivity contribution >= 4 is 11.0 Å². The van der Waals surface area contributed by atoms with Gasteiger partial charge in [0.2, 0.25) is 0 Å². The minimum absolute atomic E-state index is 0.352. The van der Waals surface area contributed by atoms with Crippen molar-refractivity contribution in [1.29, 1.82) is 0 Å². The van der Waals surface area contributed by atoms with Gasteiger partial charge in [0.25, 0.3) is 0 Å². The SMILES string of the molecule is CCNC(c1cc2cc(C)ccc2o1)C(C)C1CC1. The molecule has 2 aromatic rings. The Morgan fingerprint density at radius 3 is 2.79 bits per heavy atom. The van der Waals surface area contributed by atoms with Crippen LogP contribution < -0.4 is 5.32 Å². The van der Waals surface area contributed by atoms with E-state index in [1.54, 1.807) is 0 Å². The third-order valence-corrected chi connectivity index (χ3v) is 4.31. The molecule has 2 nitrogen and oxygen atoms in total. The van der Waals surface area contributed by atoms with Crippen LogP contribution in [0.4, 0.5) is 0 Å². The fourth-order valence-corrected chi connectivity index (χ4v) is 3.00. The molecule has 0 saturated heterocycles. The first-order valence-corrected chi connectivity index (χ1v) is 7.42. The van der Waals surface area contributed by atoms with Crippen LogP contribution in [-0.2, 0) is 0 Å². The molecule has 0 amide bonds. The number of hydrogen-bond acceptors (Lipinski definition) is 2. The van der Waals surface area contributed by atoms with E-state index in [0.29, 0.717) is 12.0 Å². The molecule has 1 saturated carbocycles. The fourth-order valence-electron chi connectivity index (χ4n) is 3.00. The average molecular weight is 257 g/mol. The Morgan fingerprint density at radius 2 is 2.11 bits per heavy atom. The zero-order chi connectivity index (χ0) is 13.4. The molecule has 1 aliphatic rings. The lowest BCUT2D eigenvalue weighted by Gasteiger charge is -2.22. The summed E-state index contributed by atoms with van der Waals surface area (Å²) in [5.74, 6) is 2.63. The van der Waals surface area contributed by atoms with Crippen LogP contribution in [0.15, 0.2) is 28.7 Å². The maximum Gasteiger partial charge on any atom is 0.134 e. The lowest BCUT2D eigenvalue weighted by molar-refractivity contribution is 0.310. The number of furan rings is 1. The van der Waals surface area contributed by atoms with E-state index in [-0.39, 0.29) is 0 Å². The molecule has 1 heterocycles. The molecule has 0 bridgehead atoms. The lowest BCUT2D eigenvalue weighted by Crippen LogP contribution is -2.27. The van der Waals surface area contributed by atoms with Gasteiger partial charge in [0.15, 0.2) is 0 Å². The number of nitrogens with one attached hydrogen (secondary N) is 1. The van der Waals surface area contributed by atoms with Crippen LogP contribution in [-0.4, -0.2) is 6.54 Å². The number of rotatable bonds is 5. The van der Waals surface area contributed by atoms with Gasteiger partial charge in [-0.25, -0.2) is 0 Å². The third kappa shape index (κ3) is 2.55. The lowest BCUT2D eigenvalue weighted by atomic mass is 9.94. The van der Waals surface area contributed by atoms with Gasteiger partial charge in [-0.15, -0.1) is 0 Å². The Labute approximate surface area is 115 Å². The molecule has 0 spiro atoms. The van der Waals surface area contributed by atoms with Gasteiger partial charge in [-0.2, -0.15) is 0 Å². The van der Waals surface area contributed by atoms with E-state index in [9.17, 15) is 0 Å². The average Bonchev–Trinajstić information content (AvgIpc) is 3.15. The van der Waals surface area contributed by atoms with E-state index in [4.69, 9.17) is 4.42 Å². The summed E-state index contributed by atoms with van der Waals surface area (Å²) in [5, 5.41) is 4.82. The van der Waals surface area contributed by atoms with Gasteiger partial charge in [-0.1, -0.05) is 25.5 Å². The standard InChI is InChI=1S/C17H23NO/c1-4-18-17(12(3)13-6-7-13)16-10-14-9-11(2)5-8-15(14)19-16/h5,8-10,12-13,17-18H,4,6-7H2,1-3H3. The van der Waals surface area contributed by atoms with E-state index in [1.165, 1.54) is 23.8 Å². The van der Waals surface area contributed by atoms with Crippen LogP contribution >= 0.6 is 0 Å². The number of benzene rings is 1. The quantitative estimate of drug-likeness (QED) is 0.856. The first-order valence-electron chi connectivity index (χ1n) is 7.42. The van der Waals surface area contributed by atoms with Crippen molar-refractivity contribution in [1.82, 2.24) is 5.32 Å². The van der Waals surface area contributed by atoms with Gasteiger partial charge >= 0.3 is 0 Å². The molecule has 1 N–H and O–H groups in total. The second kappa shape index (κ2) is 5.01. The predicted octanol–water partition coefficient (Wildman–Crippen LogP) is 4.44. The van der Waals surface area contributed by atoms with Crippen molar-refractivity contribution in [3.8, 4) is 0 Å². The fraction of sp³-hybridized carbons (Fsp3) is 0.529. The molecule has 1 aliphatic carbocycles. The molecular formula is C17H23NO. The Morgan fingerprint density at radius 1 is 1.32 bits per heavy atom. The van der Waals surface area contributed by atoms with Crippen molar-refractivity contribution in [3.05, 3.63) is 35.6 Å². The Kier molecular flexibility index (Phi) is 3.36. The largest absolute Gasteiger partial charge is 0.459 e. The molecule has 1 aromatic carbocycles. The Balaban J connectivity index is 1.94. The van der Waals surface area contributed by atoms with Crippen molar-refractivity contribution in [3.63, 3.8) is 0 Å². The first-order chi connectivity index (χ1) is 9.19. The topological polar surface area (TPSA) is 25.2 Å². The second-order valence-corrected chi connectivity index (χ2v) is 5.92. The van der Waals surface area contributed by atoms with Crippen molar-refractivity contribution in [2.75, 3.05) is 6.54 Å². The molecule has 19 heavy (non-hydrogen) atoms. The molecule has 1 aromatic heterocycles. The molecule has 3 rings (SSSR count). The third-order valence-electron chi connectivity index (χ3n) is 4.31. The molecule has 0 radical (unpaired) electrons. The van der Waals surface area contributed by atoms with Gasteiger partial charge in [0.05, 0.1) is 6.04 Å². The van der Waals surface area contributed by atoms with Gasteiger partial charge in [0.1, 0.15) is 11.3 Å². The van der Waals surface area contributed by atoms with Crippen LogP contribution in [0.2, 0.25) is 0 Å². The molecule has 2 atom stereocenters. The molecule has 102 valence electrons. The highest BCUT2D eigenvalue weighted by molar-refractivity contribution is 5.78. The van der Waals surface area contributed by atoms with Crippen LogP contribution in [0, 0.1) is 18.8 Å². The highest BCUT2D eigenvalue weighted by Gasteiger charge is 2.35. The maximum atomic E-state index is 6.07. The van der Waals surface area contributed by atoms with Crippen LogP contribution in [0.25, 0.3) is 11.0 Å². The minimum atomic E-state index is 0.352. The maximum absolute atomic E-state index is 6.07. The highest BCUT2D eigenvalue weighted by Crippen LogP contribution is 2.43. The van der Waals surface area contributed by atoms with Gasteiger partial charge in [-0.05, 0) is 56.3 Å². The van der Waals surface area contributed by atoms with Crippen molar-refractivity contribution in [2.24, 2.45) is 11.8 Å². The normalized spacial score (nSPS) is 18.7. The van der Waals surface area contributed by atoms with E-state index < -0.39 is 0 Å². The van der Waals surface area contributed by atoms with Gasteiger partial charge < -0.3 is 9.73 Å². The summed E-state index contributed by atoms with van der Waals surface area (Å²) in [6, 6.07) is 8.97. The summed E-state index contributed by atoms with van der Waals surface area (Å²) in [5.41, 5.74) is 2.29. The molecule has 2 unspecified atom stereocenters. The molecule has 1 fully saturated rings. The number of fused-ring (bicyclic) bond motifs is 1. The van der Waals surface area contributed by atoms with Crippen LogP contribution in [0.3, 0.4) is 0 Å². The Hall–Kier alpha value is -1.28. The van der Waals surface area contributed by atoms with E-state index in [1.807, 2.05) is 0 Å². The number of aryl methyl sites for hydroxylation is 1. The summed E-state index contributed by atoms with van der Waals surface area (Å²) in [4.78, 5) is 0. The first kappa shape index (κ1) is 12.7. The van der Waals surface area contributed by atoms with E-state index in [2.05, 4.69) is 50.4 Å². The van der Waals surface area contributed by atoms with Crippen molar-refractivity contribution in [2.45, 2.75) is 39.7 Å². The number of hydrogen-bond donors (Lipinski definition) is 1. The van der Waals surface area contributed by atoms with Crippen LogP contribution in [0.5, 0.6) is 0 Å². The van der Waals surface area contributed by atoms with Gasteiger partial charge in [0, 0.05) is 5.39 Å². The van der Waals surface area contributed by atoms with Crippen molar-refractivity contribution < 1.29 is 4.42 Å². The molecule has 2 heteroatoms. The summed E-state index contributed by atoms with van der Waals surface area (Å²) in [6.45, 7) is 7.63. The zero-order valence-corrected chi connectivity index (χ0v) is 12.1. The second-order valence-electron chi connectivity index (χ2n) is 5.92. The predicted molar refractivity (Wildman–Crippen MR) is 79.3 cm³/mol. The monoisotopic (exact) mass is 257 g/mol. The highest BCUT2D eigenvalue weighted by atomic mass is 16.3. The summed E-state index contributed by atoms with van der Waals surface area (Å²) in [6.07, 6.45) is 2.75. The minimum Gasteiger partial charge on any atom is -0.459 e. The summed E-state index contributed by atoms with van der Waals surface area (Å²) < 4.78 is 6.07. The summed E-state index contributed by atoms with van der Waals surface area (Å²) in [7, 11) is 0. The van der Waals surface area contributed by atoms with Crippen LogP contribution in [0.1, 0.15) is 44.1 Å². The summed E-state index contributed by atoms with van der Waals surface area (Å²) >= 11 is 0. The van der Waals surface area contributed by atoms with E-state index >= 15 is 0 Å². The van der Waals surface area contributed by atoms with E-state index in [0.717, 1.165) is 23.8 Å². The molecular weight excluding hydrogens is 234 g/mol. The van der Waals surface area contributed by atoms with Gasteiger partial charge in [-0.3, -0.25) is 0 Å². The smallest absolute Gasteiger partial charge is 0.134 e. The Bertz CT molecular complexity index is 568.